The van der Waals surface area contributed by atoms with Crippen molar-refractivity contribution in [3.8, 4) is 17.2 Å². The summed E-state index contributed by atoms with van der Waals surface area (Å²) >= 11 is 0. The van der Waals surface area contributed by atoms with Crippen LogP contribution in [0.25, 0.3) is 0 Å². The molecule has 7 nitrogen and oxygen atoms in total. The quantitative estimate of drug-likeness (QED) is 0.776. The molecule has 3 rings (SSSR count). The van der Waals surface area contributed by atoms with Crippen molar-refractivity contribution in [2.45, 2.75) is 13.1 Å². The minimum atomic E-state index is -0.0165. The van der Waals surface area contributed by atoms with Crippen LogP contribution in [0.5, 0.6) is 17.2 Å². The standard InChI is InChI=1S/C22H29N3O4/c1-27-19-10-9-18(20(28-2)21(19)29-3)16-24-11-13-25(14-12-24)22(26)23-15-17-7-5-4-6-8-17/h4-10H,11-16H2,1-3H3,(H,23,26). The zero-order valence-corrected chi connectivity index (χ0v) is 17.3. The van der Waals surface area contributed by atoms with E-state index in [0.29, 0.717) is 36.9 Å². The number of piperazine rings is 1. The second-order valence-electron chi connectivity index (χ2n) is 6.90. The normalized spacial score (nSPS) is 14.4. The van der Waals surface area contributed by atoms with E-state index in [1.165, 1.54) is 0 Å². The molecule has 2 amide bonds. The number of nitrogens with one attached hydrogen (secondary N) is 1. The van der Waals surface area contributed by atoms with Crippen LogP contribution in [0.3, 0.4) is 0 Å². The van der Waals surface area contributed by atoms with E-state index in [4.69, 9.17) is 14.2 Å². The molecule has 7 heteroatoms. The highest BCUT2D eigenvalue weighted by molar-refractivity contribution is 5.74. The van der Waals surface area contributed by atoms with Gasteiger partial charge in [0, 0.05) is 44.8 Å². The average Bonchev–Trinajstić information content (AvgIpc) is 2.78. The van der Waals surface area contributed by atoms with Crippen molar-refractivity contribution in [1.29, 1.82) is 0 Å². The van der Waals surface area contributed by atoms with Crippen LogP contribution >= 0.6 is 0 Å². The lowest BCUT2D eigenvalue weighted by Gasteiger charge is -2.35. The zero-order chi connectivity index (χ0) is 20.6. The van der Waals surface area contributed by atoms with Crippen LogP contribution in [-0.4, -0.2) is 63.3 Å². The monoisotopic (exact) mass is 399 g/mol. The molecule has 0 atom stereocenters. The van der Waals surface area contributed by atoms with Crippen molar-refractivity contribution < 1.29 is 19.0 Å². The average molecular weight is 399 g/mol. The molecule has 1 aliphatic rings. The van der Waals surface area contributed by atoms with Crippen molar-refractivity contribution in [1.82, 2.24) is 15.1 Å². The molecular formula is C22H29N3O4. The van der Waals surface area contributed by atoms with Crippen LogP contribution in [0.15, 0.2) is 42.5 Å². The number of amides is 2. The number of rotatable bonds is 7. The third kappa shape index (κ3) is 5.12. The van der Waals surface area contributed by atoms with E-state index in [0.717, 1.165) is 30.8 Å². The SMILES string of the molecule is COc1ccc(CN2CCN(C(=O)NCc3ccccc3)CC2)c(OC)c1OC. The molecule has 0 radical (unpaired) electrons. The second-order valence-corrected chi connectivity index (χ2v) is 6.90. The van der Waals surface area contributed by atoms with E-state index in [9.17, 15) is 4.79 Å². The van der Waals surface area contributed by atoms with Crippen molar-refractivity contribution in [2.75, 3.05) is 47.5 Å². The molecule has 1 aliphatic heterocycles. The van der Waals surface area contributed by atoms with Crippen molar-refractivity contribution in [3.05, 3.63) is 53.6 Å². The topological polar surface area (TPSA) is 63.3 Å². The van der Waals surface area contributed by atoms with Gasteiger partial charge in [0.1, 0.15) is 0 Å². The first-order chi connectivity index (χ1) is 14.2. The van der Waals surface area contributed by atoms with Gasteiger partial charge in [0.15, 0.2) is 11.5 Å². The molecule has 156 valence electrons. The highest BCUT2D eigenvalue weighted by Crippen LogP contribution is 2.40. The van der Waals surface area contributed by atoms with Gasteiger partial charge in [-0.25, -0.2) is 4.79 Å². The lowest BCUT2D eigenvalue weighted by Crippen LogP contribution is -2.51. The van der Waals surface area contributed by atoms with Gasteiger partial charge < -0.3 is 24.4 Å². The van der Waals surface area contributed by atoms with Gasteiger partial charge in [0.05, 0.1) is 21.3 Å². The Morgan fingerprint density at radius 1 is 0.897 bits per heavy atom. The Balaban J connectivity index is 1.54. The minimum absolute atomic E-state index is 0.0165. The zero-order valence-electron chi connectivity index (χ0n) is 17.3. The molecule has 0 bridgehead atoms. The number of carbonyl (C=O) groups is 1. The third-order valence-corrected chi connectivity index (χ3v) is 5.13. The molecule has 0 saturated carbocycles. The van der Waals surface area contributed by atoms with E-state index in [1.807, 2.05) is 47.4 Å². The van der Waals surface area contributed by atoms with E-state index >= 15 is 0 Å². The van der Waals surface area contributed by atoms with Gasteiger partial charge in [-0.05, 0) is 11.6 Å². The number of hydrogen-bond donors (Lipinski definition) is 1. The first kappa shape index (κ1) is 20.8. The highest BCUT2D eigenvalue weighted by atomic mass is 16.5. The predicted molar refractivity (Wildman–Crippen MR) is 112 cm³/mol. The van der Waals surface area contributed by atoms with Gasteiger partial charge >= 0.3 is 6.03 Å². The predicted octanol–water partition coefficient (Wildman–Crippen LogP) is 2.74. The summed E-state index contributed by atoms with van der Waals surface area (Å²) in [6, 6.07) is 13.8. The van der Waals surface area contributed by atoms with E-state index in [2.05, 4.69) is 10.2 Å². The maximum atomic E-state index is 12.4. The Morgan fingerprint density at radius 3 is 2.21 bits per heavy atom. The molecule has 29 heavy (non-hydrogen) atoms. The molecule has 0 aliphatic carbocycles. The van der Waals surface area contributed by atoms with Crippen molar-refractivity contribution in [3.63, 3.8) is 0 Å². The number of methoxy groups -OCH3 is 3. The fourth-order valence-corrected chi connectivity index (χ4v) is 3.52. The summed E-state index contributed by atoms with van der Waals surface area (Å²) in [6.07, 6.45) is 0. The summed E-state index contributed by atoms with van der Waals surface area (Å²) in [5.41, 5.74) is 2.13. The largest absolute Gasteiger partial charge is 0.493 e. The Morgan fingerprint density at radius 2 is 1.59 bits per heavy atom. The maximum Gasteiger partial charge on any atom is 0.317 e. The fraction of sp³-hybridized carbons (Fsp3) is 0.409. The number of urea groups is 1. The van der Waals surface area contributed by atoms with Gasteiger partial charge in [-0.1, -0.05) is 36.4 Å². The van der Waals surface area contributed by atoms with Crippen molar-refractivity contribution >= 4 is 6.03 Å². The maximum absolute atomic E-state index is 12.4. The van der Waals surface area contributed by atoms with E-state index < -0.39 is 0 Å². The molecular weight excluding hydrogens is 370 g/mol. The molecule has 1 fully saturated rings. The van der Waals surface area contributed by atoms with Gasteiger partial charge in [0.25, 0.3) is 0 Å². The number of ether oxygens (including phenoxy) is 3. The lowest BCUT2D eigenvalue weighted by atomic mass is 10.1. The number of nitrogens with zero attached hydrogens (tertiary/aromatic N) is 2. The van der Waals surface area contributed by atoms with Crippen LogP contribution in [0, 0.1) is 0 Å². The summed E-state index contributed by atoms with van der Waals surface area (Å²) in [4.78, 5) is 16.6. The molecule has 1 N–H and O–H groups in total. The molecule has 0 spiro atoms. The fourth-order valence-electron chi connectivity index (χ4n) is 3.52. The van der Waals surface area contributed by atoms with E-state index in [-0.39, 0.29) is 6.03 Å². The van der Waals surface area contributed by atoms with Crippen LogP contribution < -0.4 is 19.5 Å². The summed E-state index contributed by atoms with van der Waals surface area (Å²) in [6.45, 7) is 4.25. The van der Waals surface area contributed by atoms with Crippen LogP contribution in [0.2, 0.25) is 0 Å². The van der Waals surface area contributed by atoms with Crippen LogP contribution in [-0.2, 0) is 13.1 Å². The molecule has 0 aromatic heterocycles. The first-order valence-electron chi connectivity index (χ1n) is 9.73. The molecule has 2 aromatic carbocycles. The third-order valence-electron chi connectivity index (χ3n) is 5.13. The lowest BCUT2D eigenvalue weighted by molar-refractivity contribution is 0.134. The smallest absolute Gasteiger partial charge is 0.317 e. The summed E-state index contributed by atoms with van der Waals surface area (Å²) in [7, 11) is 4.85. The van der Waals surface area contributed by atoms with Crippen LogP contribution in [0.4, 0.5) is 4.79 Å². The van der Waals surface area contributed by atoms with Crippen molar-refractivity contribution in [2.24, 2.45) is 0 Å². The van der Waals surface area contributed by atoms with Crippen LogP contribution in [0.1, 0.15) is 11.1 Å². The second kappa shape index (κ2) is 10.0. The Kier molecular flexibility index (Phi) is 7.19. The Labute approximate surface area is 172 Å². The Bertz CT molecular complexity index is 805. The number of carbonyl (C=O) groups excluding carboxylic acids is 1. The van der Waals surface area contributed by atoms with E-state index in [1.54, 1.807) is 21.3 Å². The molecule has 0 unspecified atom stereocenters. The van der Waals surface area contributed by atoms with Gasteiger partial charge in [0.2, 0.25) is 5.75 Å². The van der Waals surface area contributed by atoms with Gasteiger partial charge in [-0.15, -0.1) is 0 Å². The van der Waals surface area contributed by atoms with Gasteiger partial charge in [-0.2, -0.15) is 0 Å². The number of benzene rings is 2. The van der Waals surface area contributed by atoms with Gasteiger partial charge in [-0.3, -0.25) is 4.90 Å². The first-order valence-corrected chi connectivity index (χ1v) is 9.73. The summed E-state index contributed by atoms with van der Waals surface area (Å²) < 4.78 is 16.4. The molecule has 1 saturated heterocycles. The summed E-state index contributed by atoms with van der Waals surface area (Å²) in [5.74, 6) is 1.94. The highest BCUT2D eigenvalue weighted by Gasteiger charge is 2.23. The Hall–Kier alpha value is -2.93. The number of hydrogen-bond acceptors (Lipinski definition) is 5. The summed E-state index contributed by atoms with van der Waals surface area (Å²) in [5, 5.41) is 3.00. The minimum Gasteiger partial charge on any atom is -0.493 e. The molecule has 1 heterocycles. The molecule has 2 aromatic rings.